The Morgan fingerprint density at radius 2 is 1.75 bits per heavy atom. The third-order valence-electron chi connectivity index (χ3n) is 2.33. The van der Waals surface area contributed by atoms with E-state index in [1.807, 2.05) is 18.2 Å². The number of aromatic hydroxyl groups is 1. The van der Waals surface area contributed by atoms with Crippen LogP contribution in [0.3, 0.4) is 0 Å². The summed E-state index contributed by atoms with van der Waals surface area (Å²) < 4.78 is 0. The van der Waals surface area contributed by atoms with Gasteiger partial charge in [0.15, 0.2) is 0 Å². The summed E-state index contributed by atoms with van der Waals surface area (Å²) >= 11 is 5.80. The first-order chi connectivity index (χ1) is 7.89. The monoisotopic (exact) mass is 367 g/mol. The molecule has 0 atom stereocenters. The summed E-state index contributed by atoms with van der Waals surface area (Å²) in [4.78, 5) is 0. The van der Waals surface area contributed by atoms with Crippen molar-refractivity contribution in [3.63, 3.8) is 0 Å². The minimum Gasteiger partial charge on any atom is -1.00 e. The zero-order valence-electron chi connectivity index (χ0n) is 11.8. The van der Waals surface area contributed by atoms with Crippen LogP contribution in [0.4, 0.5) is 0 Å². The molecule has 0 radical (unpaired) electrons. The molecule has 0 saturated heterocycles. The van der Waals surface area contributed by atoms with Gasteiger partial charge in [-0.25, -0.2) is 12.2 Å². The fourth-order valence-electron chi connectivity index (χ4n) is 1.35. The van der Waals surface area contributed by atoms with E-state index < -0.39 is 0 Å². The predicted octanol–water partition coefficient (Wildman–Crippen LogP) is -1.35. The van der Waals surface area contributed by atoms with E-state index in [-0.39, 0.29) is 57.7 Å². The Hall–Kier alpha value is 0.0843. The topological polar surface area (TPSA) is 20.2 Å². The van der Waals surface area contributed by atoms with Crippen molar-refractivity contribution in [3.8, 4) is 5.75 Å². The molecule has 0 heterocycles. The van der Waals surface area contributed by atoms with Crippen LogP contribution < -0.4 is 24.8 Å². The van der Waals surface area contributed by atoms with Crippen LogP contribution in [-0.2, 0) is 27.1 Å². The first-order valence-electron chi connectivity index (χ1n) is 5.61. The second-order valence-corrected chi connectivity index (χ2v) is 5.39. The fraction of sp³-hybridized carbons (Fsp3) is 0.333. The first-order valence-corrected chi connectivity index (χ1v) is 5.99. The Labute approximate surface area is 154 Å². The Bertz CT molecular complexity index is 407. The molecule has 0 saturated carbocycles. The second-order valence-electron chi connectivity index (χ2n) is 4.95. The molecule has 1 N–H and O–H groups in total. The van der Waals surface area contributed by atoms with Gasteiger partial charge in [0.1, 0.15) is 5.75 Å². The molecule has 1 nitrogen and oxygen atoms in total. The molecule has 0 unspecified atom stereocenters. The van der Waals surface area contributed by atoms with E-state index in [9.17, 15) is 5.11 Å². The molecule has 0 aromatic heterocycles. The fourth-order valence-corrected chi connectivity index (χ4v) is 1.58. The maximum absolute atomic E-state index is 9.27. The van der Waals surface area contributed by atoms with Crippen molar-refractivity contribution in [1.82, 2.24) is 0 Å². The Balaban J connectivity index is -0.000000312. The third-order valence-corrected chi connectivity index (χ3v) is 2.55. The molecule has 112 valence electrons. The quantitative estimate of drug-likeness (QED) is 0.444. The molecular formula is C15H18Cl3OTi-3. The smallest absolute Gasteiger partial charge is 0.117 e. The SMILES string of the molecule is CC(C)(C)c1cc(O)cc(Cl)c1.[C-]1=CC=CC1.[Cl-].[Cl-].[Ti]. The number of halogens is 3. The summed E-state index contributed by atoms with van der Waals surface area (Å²) in [6.07, 6.45) is 10.0. The maximum Gasteiger partial charge on any atom is 0.117 e. The van der Waals surface area contributed by atoms with Crippen molar-refractivity contribution in [2.45, 2.75) is 32.6 Å². The Morgan fingerprint density at radius 1 is 1.15 bits per heavy atom. The van der Waals surface area contributed by atoms with Gasteiger partial charge in [0.25, 0.3) is 0 Å². The van der Waals surface area contributed by atoms with Crippen LogP contribution in [0.15, 0.2) is 36.4 Å². The summed E-state index contributed by atoms with van der Waals surface area (Å²) in [5.41, 5.74) is 1.08. The Kier molecular flexibility index (Phi) is 14.7. The van der Waals surface area contributed by atoms with Gasteiger partial charge in [-0.2, -0.15) is 6.08 Å². The summed E-state index contributed by atoms with van der Waals surface area (Å²) in [5, 5.41) is 9.86. The summed E-state index contributed by atoms with van der Waals surface area (Å²) in [6, 6.07) is 5.16. The molecule has 0 aliphatic heterocycles. The number of allylic oxidation sites excluding steroid dienone is 4. The zero-order chi connectivity index (χ0) is 12.9. The van der Waals surface area contributed by atoms with Gasteiger partial charge in [0.05, 0.1) is 0 Å². The zero-order valence-corrected chi connectivity index (χ0v) is 15.6. The molecule has 0 bridgehead atoms. The number of rotatable bonds is 0. The predicted molar refractivity (Wildman–Crippen MR) is 73.4 cm³/mol. The molecule has 0 fully saturated rings. The molecule has 2 rings (SSSR count). The van der Waals surface area contributed by atoms with E-state index in [0.29, 0.717) is 5.02 Å². The molecular weight excluding hydrogens is 350 g/mol. The summed E-state index contributed by atoms with van der Waals surface area (Å²) in [7, 11) is 0. The molecule has 1 aliphatic carbocycles. The van der Waals surface area contributed by atoms with Gasteiger partial charge >= 0.3 is 0 Å². The number of benzene rings is 1. The van der Waals surface area contributed by atoms with E-state index in [4.69, 9.17) is 11.6 Å². The summed E-state index contributed by atoms with van der Waals surface area (Å²) in [6.45, 7) is 6.24. The van der Waals surface area contributed by atoms with Crippen molar-refractivity contribution in [1.29, 1.82) is 0 Å². The molecule has 0 amide bonds. The van der Waals surface area contributed by atoms with Crippen molar-refractivity contribution in [3.05, 3.63) is 53.1 Å². The second kappa shape index (κ2) is 11.7. The van der Waals surface area contributed by atoms with Crippen LogP contribution in [0.25, 0.3) is 0 Å². The number of hydrogen-bond donors (Lipinski definition) is 1. The van der Waals surface area contributed by atoms with E-state index in [2.05, 4.69) is 32.9 Å². The van der Waals surface area contributed by atoms with Gasteiger partial charge in [-0.1, -0.05) is 32.4 Å². The number of hydrogen-bond acceptors (Lipinski definition) is 1. The molecule has 1 aromatic carbocycles. The minimum absolute atomic E-state index is 0. The van der Waals surface area contributed by atoms with E-state index in [1.54, 1.807) is 6.07 Å². The maximum atomic E-state index is 9.27. The third kappa shape index (κ3) is 9.91. The molecule has 1 aliphatic rings. The molecule has 1 aromatic rings. The van der Waals surface area contributed by atoms with Gasteiger partial charge in [0.2, 0.25) is 0 Å². The van der Waals surface area contributed by atoms with E-state index in [1.165, 1.54) is 6.07 Å². The van der Waals surface area contributed by atoms with Crippen LogP contribution >= 0.6 is 11.6 Å². The summed E-state index contributed by atoms with van der Waals surface area (Å²) in [5.74, 6) is 0.229. The van der Waals surface area contributed by atoms with Gasteiger partial charge in [0, 0.05) is 26.7 Å². The molecule has 20 heavy (non-hydrogen) atoms. The largest absolute Gasteiger partial charge is 1.00 e. The van der Waals surface area contributed by atoms with E-state index >= 15 is 0 Å². The van der Waals surface area contributed by atoms with Crippen molar-refractivity contribution in [2.75, 3.05) is 0 Å². The normalized spacial score (nSPS) is 11.4. The van der Waals surface area contributed by atoms with Gasteiger partial charge in [-0.3, -0.25) is 6.08 Å². The van der Waals surface area contributed by atoms with Crippen molar-refractivity contribution >= 4 is 11.6 Å². The van der Waals surface area contributed by atoms with Gasteiger partial charge in [-0.05, 0) is 29.2 Å². The Morgan fingerprint density at radius 3 is 2.05 bits per heavy atom. The van der Waals surface area contributed by atoms with Crippen LogP contribution in [0.2, 0.25) is 5.02 Å². The van der Waals surface area contributed by atoms with Crippen molar-refractivity contribution < 1.29 is 51.6 Å². The first kappa shape index (κ1) is 25.1. The van der Waals surface area contributed by atoms with Crippen LogP contribution in [0, 0.1) is 6.08 Å². The average Bonchev–Trinajstić information content (AvgIpc) is 2.72. The molecule has 5 heteroatoms. The van der Waals surface area contributed by atoms with Gasteiger partial charge < -0.3 is 29.9 Å². The van der Waals surface area contributed by atoms with E-state index in [0.717, 1.165) is 12.0 Å². The number of phenols is 1. The standard InChI is InChI=1S/C10H13ClO.C5H5.2ClH.Ti/c1-10(2,3)7-4-8(11)6-9(12)5-7;1-2-4-5-3-1;;;/h4-6,12H,1-3H3;1-3H,4H2;2*1H;/q;-1;;;/p-2. The van der Waals surface area contributed by atoms with Crippen LogP contribution in [0.5, 0.6) is 5.75 Å². The van der Waals surface area contributed by atoms with Gasteiger partial charge in [-0.15, -0.1) is 6.42 Å². The number of phenolic OH excluding ortho intramolecular Hbond substituents is 1. The van der Waals surface area contributed by atoms with Crippen LogP contribution in [-0.4, -0.2) is 5.11 Å². The average molecular weight is 369 g/mol. The van der Waals surface area contributed by atoms with Crippen LogP contribution in [0.1, 0.15) is 32.8 Å². The molecule has 0 spiro atoms. The van der Waals surface area contributed by atoms with Crippen molar-refractivity contribution in [2.24, 2.45) is 0 Å². The minimum atomic E-state index is 0.